The Hall–Kier alpha value is -1.95. The summed E-state index contributed by atoms with van der Waals surface area (Å²) in [6, 6.07) is 6.09. The monoisotopic (exact) mass is 364 g/mol. The van der Waals surface area contributed by atoms with Crippen molar-refractivity contribution in [3.63, 3.8) is 0 Å². The fourth-order valence-corrected chi connectivity index (χ4v) is 3.59. The molecule has 1 saturated heterocycles. The molecule has 1 amide bonds. The molecule has 1 heterocycles. The van der Waals surface area contributed by atoms with Gasteiger partial charge in [0, 0.05) is 13.0 Å². The average Bonchev–Trinajstić information content (AvgIpc) is 2.59. The van der Waals surface area contributed by atoms with Crippen LogP contribution in [-0.2, 0) is 9.59 Å². The number of piperidine rings is 1. The number of carbonyl (C=O) groups is 2. The number of hydrogen-bond donors (Lipinski definition) is 2. The minimum absolute atomic E-state index is 0.0492. The van der Waals surface area contributed by atoms with Gasteiger partial charge in [0.25, 0.3) is 0 Å². The van der Waals surface area contributed by atoms with E-state index in [0.717, 1.165) is 31.5 Å². The number of likely N-dealkylation sites (tertiary alicyclic amines) is 1. The minimum Gasteiger partial charge on any atom is -0.481 e. The number of rotatable bonds is 8. The molecule has 0 aliphatic carbocycles. The SMILES string of the molecule is CC(C)C(NC(=O)CN1CCCC(CCC(=O)O)C1)c1ccc(F)cc1. The minimum atomic E-state index is -0.765. The highest BCUT2D eigenvalue weighted by Gasteiger charge is 2.24. The van der Waals surface area contributed by atoms with Crippen molar-refractivity contribution in [2.45, 2.75) is 45.6 Å². The van der Waals surface area contributed by atoms with E-state index in [4.69, 9.17) is 5.11 Å². The van der Waals surface area contributed by atoms with E-state index in [-0.39, 0.29) is 30.1 Å². The Balaban J connectivity index is 1.89. The lowest BCUT2D eigenvalue weighted by Crippen LogP contribution is -2.44. The predicted molar refractivity (Wildman–Crippen MR) is 98.2 cm³/mol. The summed E-state index contributed by atoms with van der Waals surface area (Å²) in [5.41, 5.74) is 0.896. The van der Waals surface area contributed by atoms with Gasteiger partial charge >= 0.3 is 5.97 Å². The molecular weight excluding hydrogens is 335 g/mol. The van der Waals surface area contributed by atoms with E-state index in [1.807, 2.05) is 13.8 Å². The molecular formula is C20H29FN2O3. The van der Waals surface area contributed by atoms with Crippen LogP contribution in [0, 0.1) is 17.7 Å². The summed E-state index contributed by atoms with van der Waals surface area (Å²) in [5.74, 6) is -0.575. The van der Waals surface area contributed by atoms with Gasteiger partial charge in [0.15, 0.2) is 0 Å². The van der Waals surface area contributed by atoms with Crippen LogP contribution in [0.2, 0.25) is 0 Å². The van der Waals surface area contributed by atoms with Crippen LogP contribution in [0.5, 0.6) is 0 Å². The Bertz CT molecular complexity index is 604. The fourth-order valence-electron chi connectivity index (χ4n) is 3.59. The maximum atomic E-state index is 13.1. The maximum absolute atomic E-state index is 13.1. The second-order valence-electron chi connectivity index (χ2n) is 7.52. The Morgan fingerprint density at radius 3 is 2.62 bits per heavy atom. The molecule has 0 aromatic heterocycles. The summed E-state index contributed by atoms with van der Waals surface area (Å²) in [4.78, 5) is 25.4. The normalized spacial score (nSPS) is 19.3. The summed E-state index contributed by atoms with van der Waals surface area (Å²) >= 11 is 0. The molecule has 0 bridgehead atoms. The lowest BCUT2D eigenvalue weighted by molar-refractivity contribution is -0.137. The van der Waals surface area contributed by atoms with Crippen molar-refractivity contribution in [1.29, 1.82) is 0 Å². The number of nitrogens with zero attached hydrogens (tertiary/aromatic N) is 1. The summed E-state index contributed by atoms with van der Waals surface area (Å²) in [6.45, 7) is 5.99. The topological polar surface area (TPSA) is 69.6 Å². The van der Waals surface area contributed by atoms with Gasteiger partial charge in [0.2, 0.25) is 5.91 Å². The third kappa shape index (κ3) is 6.41. The van der Waals surface area contributed by atoms with Crippen molar-refractivity contribution in [1.82, 2.24) is 10.2 Å². The van der Waals surface area contributed by atoms with Crippen LogP contribution in [0.3, 0.4) is 0 Å². The number of amides is 1. The third-order valence-electron chi connectivity index (χ3n) is 4.95. The fraction of sp³-hybridized carbons (Fsp3) is 0.600. The molecule has 0 saturated carbocycles. The molecule has 0 radical (unpaired) electrons. The molecule has 1 aliphatic heterocycles. The first kappa shape index (κ1) is 20.4. The zero-order valence-corrected chi connectivity index (χ0v) is 15.6. The number of aliphatic carboxylic acids is 1. The summed E-state index contributed by atoms with van der Waals surface area (Å²) < 4.78 is 13.1. The highest BCUT2D eigenvalue weighted by Crippen LogP contribution is 2.23. The Labute approximate surface area is 154 Å². The average molecular weight is 364 g/mol. The van der Waals surface area contributed by atoms with Crippen LogP contribution < -0.4 is 5.32 Å². The van der Waals surface area contributed by atoms with Crippen molar-refractivity contribution < 1.29 is 19.1 Å². The molecule has 6 heteroatoms. The van der Waals surface area contributed by atoms with E-state index < -0.39 is 5.97 Å². The van der Waals surface area contributed by atoms with Gasteiger partial charge in [-0.25, -0.2) is 4.39 Å². The first-order chi connectivity index (χ1) is 12.3. The van der Waals surface area contributed by atoms with Crippen molar-refractivity contribution in [3.05, 3.63) is 35.6 Å². The van der Waals surface area contributed by atoms with Gasteiger partial charge in [-0.2, -0.15) is 0 Å². The van der Waals surface area contributed by atoms with Crippen molar-refractivity contribution in [3.8, 4) is 0 Å². The Kier molecular flexibility index (Phi) is 7.57. The van der Waals surface area contributed by atoms with Gasteiger partial charge in [0.1, 0.15) is 5.82 Å². The number of carboxylic acids is 1. The van der Waals surface area contributed by atoms with Crippen LogP contribution in [-0.4, -0.2) is 41.5 Å². The molecule has 26 heavy (non-hydrogen) atoms. The quantitative estimate of drug-likeness (QED) is 0.743. The molecule has 1 aromatic rings. The van der Waals surface area contributed by atoms with Gasteiger partial charge in [-0.15, -0.1) is 0 Å². The summed E-state index contributed by atoms with van der Waals surface area (Å²) in [5, 5.41) is 11.9. The van der Waals surface area contributed by atoms with Crippen molar-refractivity contribution >= 4 is 11.9 Å². The van der Waals surface area contributed by atoms with E-state index >= 15 is 0 Å². The first-order valence-corrected chi connectivity index (χ1v) is 9.34. The van der Waals surface area contributed by atoms with Crippen LogP contribution in [0.25, 0.3) is 0 Å². The van der Waals surface area contributed by atoms with Gasteiger partial charge in [-0.3, -0.25) is 14.5 Å². The zero-order valence-electron chi connectivity index (χ0n) is 15.6. The largest absolute Gasteiger partial charge is 0.481 e. The van der Waals surface area contributed by atoms with E-state index in [2.05, 4.69) is 10.2 Å². The molecule has 2 rings (SSSR count). The molecule has 2 N–H and O–H groups in total. The molecule has 1 aromatic carbocycles. The van der Waals surface area contributed by atoms with E-state index in [1.165, 1.54) is 12.1 Å². The number of nitrogens with one attached hydrogen (secondary N) is 1. The zero-order chi connectivity index (χ0) is 19.1. The number of carboxylic acid groups (broad SMARTS) is 1. The Morgan fingerprint density at radius 1 is 1.31 bits per heavy atom. The molecule has 1 fully saturated rings. The number of hydrogen-bond acceptors (Lipinski definition) is 3. The van der Waals surface area contributed by atoms with E-state index in [1.54, 1.807) is 12.1 Å². The summed E-state index contributed by atoms with van der Waals surface area (Å²) in [7, 11) is 0. The number of halogens is 1. The lowest BCUT2D eigenvalue weighted by Gasteiger charge is -2.33. The smallest absolute Gasteiger partial charge is 0.303 e. The van der Waals surface area contributed by atoms with Gasteiger partial charge in [-0.05, 0) is 55.3 Å². The van der Waals surface area contributed by atoms with Crippen molar-refractivity contribution in [2.75, 3.05) is 19.6 Å². The highest BCUT2D eigenvalue weighted by molar-refractivity contribution is 5.78. The number of carbonyl (C=O) groups excluding carboxylic acids is 1. The van der Waals surface area contributed by atoms with Crippen LogP contribution in [0.4, 0.5) is 4.39 Å². The molecule has 144 valence electrons. The standard InChI is InChI=1S/C20H29FN2O3/c1-14(2)20(16-6-8-17(21)9-7-16)22-18(24)13-23-11-3-4-15(12-23)5-10-19(25)26/h6-9,14-15,20H,3-5,10-13H2,1-2H3,(H,22,24)(H,25,26). The second kappa shape index (κ2) is 9.67. The predicted octanol–water partition coefficient (Wildman–Crippen LogP) is 3.22. The second-order valence-corrected chi connectivity index (χ2v) is 7.52. The van der Waals surface area contributed by atoms with Crippen LogP contribution in [0.1, 0.15) is 51.1 Å². The molecule has 5 nitrogen and oxygen atoms in total. The van der Waals surface area contributed by atoms with E-state index in [9.17, 15) is 14.0 Å². The van der Waals surface area contributed by atoms with Gasteiger partial charge in [0.05, 0.1) is 12.6 Å². The van der Waals surface area contributed by atoms with Gasteiger partial charge in [-0.1, -0.05) is 26.0 Å². The summed E-state index contributed by atoms with van der Waals surface area (Å²) in [6.07, 6.45) is 2.86. The van der Waals surface area contributed by atoms with Crippen LogP contribution >= 0.6 is 0 Å². The molecule has 0 spiro atoms. The molecule has 2 atom stereocenters. The molecule has 1 aliphatic rings. The number of benzene rings is 1. The highest BCUT2D eigenvalue weighted by atomic mass is 19.1. The molecule has 2 unspecified atom stereocenters. The third-order valence-corrected chi connectivity index (χ3v) is 4.95. The van der Waals surface area contributed by atoms with Crippen LogP contribution in [0.15, 0.2) is 24.3 Å². The van der Waals surface area contributed by atoms with Gasteiger partial charge < -0.3 is 10.4 Å². The lowest BCUT2D eigenvalue weighted by atomic mass is 9.93. The first-order valence-electron chi connectivity index (χ1n) is 9.34. The van der Waals surface area contributed by atoms with E-state index in [0.29, 0.717) is 18.9 Å². The van der Waals surface area contributed by atoms with Crippen molar-refractivity contribution in [2.24, 2.45) is 11.8 Å². The Morgan fingerprint density at radius 2 is 2.00 bits per heavy atom. The maximum Gasteiger partial charge on any atom is 0.303 e.